The highest BCUT2D eigenvalue weighted by atomic mass is 15.3. The lowest BCUT2D eigenvalue weighted by atomic mass is 9.90. The third-order valence-corrected chi connectivity index (χ3v) is 12.3. The van der Waals surface area contributed by atoms with Gasteiger partial charge in [-0.25, -0.2) is 9.98 Å². The number of aliphatic imine (C=N–C) groups is 2. The number of allylic oxidation sites excluding steroid dienone is 13. The molecule has 5 nitrogen and oxygen atoms in total. The molecular formula is C52H45N5. The Morgan fingerprint density at radius 2 is 1.35 bits per heavy atom. The van der Waals surface area contributed by atoms with Gasteiger partial charge in [0.2, 0.25) is 0 Å². The summed E-state index contributed by atoms with van der Waals surface area (Å²) in [6, 6.07) is 33.7. The van der Waals surface area contributed by atoms with Crippen molar-refractivity contribution in [2.75, 3.05) is 10.2 Å². The number of rotatable bonds is 6. The van der Waals surface area contributed by atoms with Gasteiger partial charge in [0, 0.05) is 22.4 Å². The molecule has 0 saturated carbocycles. The molecule has 4 aliphatic carbocycles. The summed E-state index contributed by atoms with van der Waals surface area (Å²) in [5.74, 6) is 1.83. The molecule has 0 spiro atoms. The fourth-order valence-electron chi connectivity index (χ4n) is 9.51. The van der Waals surface area contributed by atoms with Crippen LogP contribution >= 0.6 is 0 Å². The van der Waals surface area contributed by atoms with Crippen LogP contribution in [0.3, 0.4) is 0 Å². The Morgan fingerprint density at radius 3 is 2.23 bits per heavy atom. The van der Waals surface area contributed by atoms with Crippen molar-refractivity contribution in [1.82, 2.24) is 5.32 Å². The lowest BCUT2D eigenvalue weighted by Crippen LogP contribution is -2.39. The molecule has 0 saturated heterocycles. The first-order valence-corrected chi connectivity index (χ1v) is 20.7. The molecule has 11 rings (SSSR count). The Balaban J connectivity index is 0.945. The predicted octanol–water partition coefficient (Wildman–Crippen LogP) is 12.2. The smallest absolute Gasteiger partial charge is 0.166 e. The summed E-state index contributed by atoms with van der Waals surface area (Å²) in [6.07, 6.45) is 30.7. The van der Waals surface area contributed by atoms with E-state index in [1.165, 1.54) is 78.3 Å². The van der Waals surface area contributed by atoms with E-state index in [-0.39, 0.29) is 12.3 Å². The molecule has 4 aromatic carbocycles. The highest BCUT2D eigenvalue weighted by Crippen LogP contribution is 2.55. The Morgan fingerprint density at radius 1 is 0.596 bits per heavy atom. The van der Waals surface area contributed by atoms with Crippen molar-refractivity contribution in [2.24, 2.45) is 9.98 Å². The summed E-state index contributed by atoms with van der Waals surface area (Å²) >= 11 is 0. The Kier molecular flexibility index (Phi) is 8.45. The van der Waals surface area contributed by atoms with Crippen molar-refractivity contribution >= 4 is 39.8 Å². The van der Waals surface area contributed by atoms with Crippen LogP contribution in [0, 0.1) is 0 Å². The highest BCUT2D eigenvalue weighted by molar-refractivity contribution is 6.16. The van der Waals surface area contributed by atoms with Crippen molar-refractivity contribution < 1.29 is 0 Å². The average molecular weight is 740 g/mol. The van der Waals surface area contributed by atoms with E-state index in [0.717, 1.165) is 68.6 Å². The van der Waals surface area contributed by atoms with Gasteiger partial charge in [-0.3, -0.25) is 0 Å². The van der Waals surface area contributed by atoms with Crippen molar-refractivity contribution in [1.29, 1.82) is 0 Å². The second-order valence-electron chi connectivity index (χ2n) is 15.8. The fourth-order valence-corrected chi connectivity index (χ4v) is 9.51. The molecule has 2 N–H and O–H groups in total. The van der Waals surface area contributed by atoms with Crippen molar-refractivity contribution in [3.63, 3.8) is 0 Å². The average Bonchev–Trinajstić information content (AvgIpc) is 3.64. The molecule has 2 atom stereocenters. The summed E-state index contributed by atoms with van der Waals surface area (Å²) in [6.45, 7) is 0. The van der Waals surface area contributed by atoms with E-state index in [0.29, 0.717) is 0 Å². The van der Waals surface area contributed by atoms with Gasteiger partial charge in [0.05, 0.1) is 11.4 Å². The number of benzene rings is 4. The van der Waals surface area contributed by atoms with Crippen LogP contribution in [-0.2, 0) is 0 Å². The number of fused-ring (bicyclic) bond motifs is 5. The lowest BCUT2D eigenvalue weighted by Gasteiger charge is -2.32. The van der Waals surface area contributed by atoms with Crippen LogP contribution in [0.25, 0.3) is 27.8 Å². The number of nitrogens with one attached hydrogen (secondary N) is 2. The first-order valence-electron chi connectivity index (χ1n) is 20.7. The molecule has 5 heteroatoms. The SMILES string of the molecule is C1=CCCC(C2=NC(C3=CC(c4cccc(C5Nc6cccc7c6N5C5=CCCC=C5c5ccccc5-7)c4)=CCC3)N=C(c3cccc(C4=CC=CCC4)c3)N2)=C1. The number of amidine groups is 2. The summed E-state index contributed by atoms with van der Waals surface area (Å²) in [5, 5.41) is 7.64. The molecule has 0 radical (unpaired) electrons. The summed E-state index contributed by atoms with van der Waals surface area (Å²) < 4.78 is 0. The largest absolute Gasteiger partial charge is 0.359 e. The van der Waals surface area contributed by atoms with E-state index in [9.17, 15) is 0 Å². The van der Waals surface area contributed by atoms with Crippen LogP contribution in [0.5, 0.6) is 0 Å². The van der Waals surface area contributed by atoms with Gasteiger partial charge >= 0.3 is 0 Å². The monoisotopic (exact) mass is 739 g/mol. The van der Waals surface area contributed by atoms with E-state index in [4.69, 9.17) is 9.98 Å². The molecule has 0 aromatic heterocycles. The standard InChI is InChI=1S/C52H45N5/c1-3-15-34(16-4-1)36-19-11-22-39(31-36)50-54-49(35-17-5-2-6-18-35)55-51(56-50)40-23-12-20-37(32-40)38-21-13-24-41(33-38)52-53-46-29-14-28-45-43-26-8-7-25-42(43)44-27-9-10-30-47(44)57(52)48(45)46/h1-3,5,7-8,11,13-15,17,19-22,24-33,51-53H,4,6,9-10,12,16,18,23H2,(H,54,55,56). The van der Waals surface area contributed by atoms with Gasteiger partial charge < -0.3 is 15.5 Å². The number of nitrogens with zero attached hydrogens (tertiary/aromatic N) is 3. The maximum absolute atomic E-state index is 5.35. The fraction of sp³-hybridized carbons (Fsp3) is 0.192. The van der Waals surface area contributed by atoms with Crippen molar-refractivity contribution in [3.05, 3.63) is 196 Å². The Bertz CT molecular complexity index is 2650. The maximum Gasteiger partial charge on any atom is 0.166 e. The summed E-state index contributed by atoms with van der Waals surface area (Å²) in [7, 11) is 0. The first kappa shape index (κ1) is 33.8. The molecule has 0 fully saturated rings. The van der Waals surface area contributed by atoms with Gasteiger partial charge in [-0.1, -0.05) is 134 Å². The van der Waals surface area contributed by atoms with Crippen LogP contribution in [-0.4, -0.2) is 17.8 Å². The second kappa shape index (κ2) is 14.2. The maximum atomic E-state index is 5.35. The number of anilines is 2. The van der Waals surface area contributed by atoms with Crippen LogP contribution in [0.15, 0.2) is 179 Å². The third kappa shape index (κ3) is 6.09. The van der Waals surface area contributed by atoms with E-state index in [1.807, 2.05) is 0 Å². The minimum Gasteiger partial charge on any atom is -0.359 e. The molecule has 2 unspecified atom stereocenters. The van der Waals surface area contributed by atoms with Gasteiger partial charge in [0.15, 0.2) is 6.17 Å². The molecule has 3 heterocycles. The molecule has 0 amide bonds. The second-order valence-corrected chi connectivity index (χ2v) is 15.8. The number of para-hydroxylation sites is 1. The van der Waals surface area contributed by atoms with Crippen LogP contribution < -0.4 is 15.5 Å². The van der Waals surface area contributed by atoms with Gasteiger partial charge in [-0.15, -0.1) is 0 Å². The van der Waals surface area contributed by atoms with Crippen LogP contribution in [0.4, 0.5) is 11.4 Å². The van der Waals surface area contributed by atoms with Crippen LogP contribution in [0.1, 0.15) is 85.3 Å². The Labute approximate surface area is 335 Å². The normalized spacial score (nSPS) is 21.7. The first-order chi connectivity index (χ1) is 28.2. The molecule has 3 aliphatic heterocycles. The molecular weight excluding hydrogens is 695 g/mol. The zero-order chi connectivity index (χ0) is 37.7. The lowest BCUT2D eigenvalue weighted by molar-refractivity contribution is 0.739. The van der Waals surface area contributed by atoms with Gasteiger partial charge in [0.1, 0.15) is 17.8 Å². The topological polar surface area (TPSA) is 52.0 Å². The van der Waals surface area contributed by atoms with Crippen LogP contribution in [0.2, 0.25) is 0 Å². The van der Waals surface area contributed by atoms with E-state index in [1.54, 1.807) is 0 Å². The minimum absolute atomic E-state index is 0.0338. The predicted molar refractivity (Wildman–Crippen MR) is 238 cm³/mol. The van der Waals surface area contributed by atoms with E-state index < -0.39 is 0 Å². The molecule has 0 bridgehead atoms. The van der Waals surface area contributed by atoms with E-state index >= 15 is 0 Å². The minimum atomic E-state index is -0.290. The van der Waals surface area contributed by atoms with Crippen molar-refractivity contribution in [3.8, 4) is 11.1 Å². The highest BCUT2D eigenvalue weighted by Gasteiger charge is 2.39. The van der Waals surface area contributed by atoms with Gasteiger partial charge in [-0.2, -0.15) is 0 Å². The van der Waals surface area contributed by atoms with Gasteiger partial charge in [-0.05, 0) is 120 Å². The molecule has 278 valence electrons. The number of hydrogen-bond donors (Lipinski definition) is 2. The zero-order valence-electron chi connectivity index (χ0n) is 32.1. The molecule has 57 heavy (non-hydrogen) atoms. The quantitative estimate of drug-likeness (QED) is 0.207. The molecule has 4 aromatic rings. The van der Waals surface area contributed by atoms with E-state index in [2.05, 4.69) is 167 Å². The summed E-state index contributed by atoms with van der Waals surface area (Å²) in [5.41, 5.74) is 18.9. The zero-order valence-corrected chi connectivity index (χ0v) is 32.1. The molecule has 7 aliphatic rings. The number of hydrogen-bond acceptors (Lipinski definition) is 5. The third-order valence-electron chi connectivity index (χ3n) is 12.3. The van der Waals surface area contributed by atoms with Gasteiger partial charge in [0.25, 0.3) is 0 Å². The Hall–Kier alpha value is -6.46. The van der Waals surface area contributed by atoms with Crippen molar-refractivity contribution in [2.45, 2.75) is 63.7 Å². The summed E-state index contributed by atoms with van der Waals surface area (Å²) in [4.78, 5) is 13.2.